The van der Waals surface area contributed by atoms with Crippen molar-refractivity contribution in [3.8, 4) is 17.2 Å². The Hall–Kier alpha value is -3.68. The summed E-state index contributed by atoms with van der Waals surface area (Å²) in [6.07, 6.45) is -4.40. The van der Waals surface area contributed by atoms with Crippen molar-refractivity contribution in [3.05, 3.63) is 94.4 Å². The molecule has 0 aromatic heterocycles. The molecule has 160 valence electrons. The molecule has 3 aromatic carbocycles. The van der Waals surface area contributed by atoms with Crippen molar-refractivity contribution in [2.45, 2.75) is 25.2 Å². The zero-order valence-corrected chi connectivity index (χ0v) is 16.4. The van der Waals surface area contributed by atoms with Crippen LogP contribution in [0.25, 0.3) is 0 Å². The minimum absolute atomic E-state index is 0.255. The molecule has 8 heteroatoms. The number of halogens is 3. The minimum Gasteiger partial charge on any atom is -0.488 e. The van der Waals surface area contributed by atoms with Crippen LogP contribution in [0.4, 0.5) is 13.2 Å². The summed E-state index contributed by atoms with van der Waals surface area (Å²) in [6, 6.07) is 16.5. The number of carbonyl (C=O) groups is 1. The van der Waals surface area contributed by atoms with Crippen LogP contribution in [-0.4, -0.2) is 12.4 Å². The summed E-state index contributed by atoms with van der Waals surface area (Å²) in [6.45, 7) is 1.67. The lowest BCUT2D eigenvalue weighted by Crippen LogP contribution is -2.21. The number of nitrogens with zero attached hydrogens (tertiary/aromatic N) is 1. The van der Waals surface area contributed by atoms with Gasteiger partial charge in [0.25, 0.3) is 0 Å². The van der Waals surface area contributed by atoms with Gasteiger partial charge >= 0.3 is 6.18 Å². The summed E-state index contributed by atoms with van der Waals surface area (Å²) in [5.41, 5.74) is 0.0807. The van der Waals surface area contributed by atoms with E-state index in [1.54, 1.807) is 55.5 Å². The van der Waals surface area contributed by atoms with Crippen molar-refractivity contribution in [2.24, 2.45) is 5.18 Å². The summed E-state index contributed by atoms with van der Waals surface area (Å²) in [7, 11) is 0. The number of alkyl halides is 3. The van der Waals surface area contributed by atoms with Crippen molar-refractivity contribution < 1.29 is 27.4 Å². The van der Waals surface area contributed by atoms with Crippen LogP contribution in [0, 0.1) is 4.91 Å². The fourth-order valence-corrected chi connectivity index (χ4v) is 3.00. The molecule has 0 fully saturated rings. The van der Waals surface area contributed by atoms with Gasteiger partial charge in [-0.1, -0.05) is 29.4 Å². The molecule has 31 heavy (non-hydrogen) atoms. The van der Waals surface area contributed by atoms with E-state index >= 15 is 0 Å². The predicted molar refractivity (Wildman–Crippen MR) is 108 cm³/mol. The first kappa shape index (κ1) is 22.0. The number of rotatable bonds is 8. The Bertz CT molecular complexity index is 1030. The monoisotopic (exact) mass is 429 g/mol. The van der Waals surface area contributed by atoms with E-state index < -0.39 is 23.9 Å². The molecular weight excluding hydrogens is 411 g/mol. The highest BCUT2D eigenvalue weighted by atomic mass is 19.4. The Morgan fingerprint density at radius 1 is 0.871 bits per heavy atom. The Kier molecular flexibility index (Phi) is 6.69. The molecule has 0 spiro atoms. The first-order valence-electron chi connectivity index (χ1n) is 9.30. The van der Waals surface area contributed by atoms with E-state index in [0.717, 1.165) is 12.1 Å². The molecule has 2 atom stereocenters. The zero-order chi connectivity index (χ0) is 22.4. The van der Waals surface area contributed by atoms with Gasteiger partial charge in [0.1, 0.15) is 29.6 Å². The molecular formula is C23H18F3NO4. The van der Waals surface area contributed by atoms with Crippen LogP contribution >= 0.6 is 0 Å². The van der Waals surface area contributed by atoms with Gasteiger partial charge in [0, 0.05) is 5.56 Å². The molecule has 0 heterocycles. The molecule has 0 bridgehead atoms. The Labute approximate surface area is 176 Å². The summed E-state index contributed by atoms with van der Waals surface area (Å²) in [5.74, 6) is 1.09. The number of benzene rings is 3. The fourth-order valence-electron chi connectivity index (χ4n) is 3.00. The van der Waals surface area contributed by atoms with E-state index in [9.17, 15) is 22.9 Å². The molecule has 0 aliphatic heterocycles. The lowest BCUT2D eigenvalue weighted by molar-refractivity contribution is -0.137. The highest BCUT2D eigenvalue weighted by Gasteiger charge is 2.30. The van der Waals surface area contributed by atoms with Crippen molar-refractivity contribution >= 4 is 6.29 Å². The highest BCUT2D eigenvalue weighted by molar-refractivity contribution is 5.77. The van der Waals surface area contributed by atoms with E-state index in [2.05, 4.69) is 5.18 Å². The lowest BCUT2D eigenvalue weighted by Gasteiger charge is -2.21. The predicted octanol–water partition coefficient (Wildman–Crippen LogP) is 6.59. The fraction of sp³-hybridized carbons (Fsp3) is 0.174. The first-order valence-corrected chi connectivity index (χ1v) is 9.30. The van der Waals surface area contributed by atoms with Crippen LogP contribution in [-0.2, 0) is 6.18 Å². The lowest BCUT2D eigenvalue weighted by atomic mass is 9.98. The van der Waals surface area contributed by atoms with Crippen molar-refractivity contribution in [1.29, 1.82) is 0 Å². The number of aldehydes is 1. The molecule has 0 amide bonds. The van der Waals surface area contributed by atoms with Crippen LogP contribution in [0.3, 0.4) is 0 Å². The minimum atomic E-state index is -4.41. The summed E-state index contributed by atoms with van der Waals surface area (Å²) < 4.78 is 49.2. The molecule has 3 aromatic rings. The number of carbonyl (C=O) groups excluding carboxylic acids is 1. The average Bonchev–Trinajstić information content (AvgIpc) is 2.76. The smallest absolute Gasteiger partial charge is 0.416 e. The number of hydrogen-bond donors (Lipinski definition) is 0. The zero-order valence-electron chi connectivity index (χ0n) is 16.4. The molecule has 0 saturated carbocycles. The quantitative estimate of drug-likeness (QED) is 0.299. The summed E-state index contributed by atoms with van der Waals surface area (Å²) >= 11 is 0. The second-order valence-corrected chi connectivity index (χ2v) is 6.72. The second kappa shape index (κ2) is 9.42. The number of ether oxygens (including phenoxy) is 2. The Balaban J connectivity index is 1.67. The Morgan fingerprint density at radius 2 is 1.42 bits per heavy atom. The van der Waals surface area contributed by atoms with Gasteiger partial charge in [-0.3, -0.25) is 4.79 Å². The highest BCUT2D eigenvalue weighted by Crippen LogP contribution is 2.32. The third kappa shape index (κ3) is 5.48. The Morgan fingerprint density at radius 3 is 1.97 bits per heavy atom. The van der Waals surface area contributed by atoms with Gasteiger partial charge in [0.05, 0.1) is 5.56 Å². The van der Waals surface area contributed by atoms with E-state index in [-0.39, 0.29) is 5.75 Å². The van der Waals surface area contributed by atoms with Gasteiger partial charge < -0.3 is 9.47 Å². The first-order chi connectivity index (χ1) is 14.8. The maximum atomic E-state index is 12.6. The maximum Gasteiger partial charge on any atom is 0.416 e. The second-order valence-electron chi connectivity index (χ2n) is 6.72. The van der Waals surface area contributed by atoms with Crippen molar-refractivity contribution in [3.63, 3.8) is 0 Å². The molecule has 0 radical (unpaired) electrons. The summed E-state index contributed by atoms with van der Waals surface area (Å²) in [5, 5.41) is 3.12. The van der Waals surface area contributed by atoms with Gasteiger partial charge in [-0.2, -0.15) is 18.1 Å². The third-order valence-electron chi connectivity index (χ3n) is 4.56. The third-order valence-corrected chi connectivity index (χ3v) is 4.56. The topological polar surface area (TPSA) is 65.0 Å². The molecule has 2 unspecified atom stereocenters. The molecule has 0 saturated heterocycles. The van der Waals surface area contributed by atoms with Gasteiger partial charge in [-0.25, -0.2) is 0 Å². The van der Waals surface area contributed by atoms with E-state index in [1.165, 1.54) is 12.1 Å². The molecule has 0 aliphatic rings. The van der Waals surface area contributed by atoms with Crippen LogP contribution in [0.2, 0.25) is 0 Å². The average molecular weight is 429 g/mol. The molecule has 3 rings (SSSR count). The van der Waals surface area contributed by atoms with E-state index in [4.69, 9.17) is 9.47 Å². The normalized spacial score (nSPS) is 13.2. The van der Waals surface area contributed by atoms with Crippen LogP contribution in [0.1, 0.15) is 34.5 Å². The maximum absolute atomic E-state index is 12.6. The number of hydrogen-bond acceptors (Lipinski definition) is 5. The van der Waals surface area contributed by atoms with Crippen LogP contribution in [0.5, 0.6) is 17.2 Å². The largest absolute Gasteiger partial charge is 0.488 e. The van der Waals surface area contributed by atoms with Crippen molar-refractivity contribution in [1.82, 2.24) is 0 Å². The van der Waals surface area contributed by atoms with Gasteiger partial charge in [-0.05, 0) is 61.0 Å². The van der Waals surface area contributed by atoms with E-state index in [0.29, 0.717) is 28.9 Å². The standard InChI is InChI=1S/C23H18F3NO4/c1-15(22(27-29)21-5-3-2-4-16(21)14-28)30-18-10-12-20(13-11-18)31-19-8-6-17(7-9-19)23(24,25)26/h2-15,22H,1H3. The SMILES string of the molecule is CC(Oc1ccc(Oc2ccc(C(F)(F)F)cc2)cc1)C(N=O)c1ccccc1C=O. The van der Waals surface area contributed by atoms with Gasteiger partial charge in [0.15, 0.2) is 6.04 Å². The van der Waals surface area contributed by atoms with Gasteiger partial charge in [-0.15, -0.1) is 0 Å². The van der Waals surface area contributed by atoms with E-state index in [1.807, 2.05) is 0 Å². The molecule has 0 aliphatic carbocycles. The summed E-state index contributed by atoms with van der Waals surface area (Å²) in [4.78, 5) is 22.6. The van der Waals surface area contributed by atoms with Crippen LogP contribution in [0.15, 0.2) is 78.0 Å². The van der Waals surface area contributed by atoms with Crippen molar-refractivity contribution in [2.75, 3.05) is 0 Å². The van der Waals surface area contributed by atoms with Gasteiger partial charge in [0.2, 0.25) is 0 Å². The molecule has 5 nitrogen and oxygen atoms in total. The van der Waals surface area contributed by atoms with Crippen LogP contribution < -0.4 is 9.47 Å². The number of nitroso groups, excluding NO2 is 1. The molecule has 0 N–H and O–H groups in total.